The van der Waals surface area contributed by atoms with Gasteiger partial charge in [-0.1, -0.05) is 39.8 Å². The zero-order valence-electron chi connectivity index (χ0n) is 21.9. The van der Waals surface area contributed by atoms with Gasteiger partial charge in [-0.15, -0.1) is 0 Å². The van der Waals surface area contributed by atoms with Crippen molar-refractivity contribution in [1.82, 2.24) is 0 Å². The second-order valence-corrected chi connectivity index (χ2v) is 12.8. The first kappa shape index (κ1) is 25.9. The Bertz CT molecular complexity index is 821. The standard InChI is InChI=1S/C29H46O5/c1-18(17-34-20(3)30)7-6-8-19(2)23-9-10-24-22-15-26(32)29(33)16-21(31)11-14-28(29,5)25(22)12-13-27(23,24)4/h6,8,18-19,21-25,31,33H,7,9-17H2,1-5H3/b8-6+/t18-,19+,21-,22-,23+,24-,25-,27+,28+,29-/m0/s1. The van der Waals surface area contributed by atoms with E-state index in [0.29, 0.717) is 55.0 Å². The minimum absolute atomic E-state index is 0.0163. The summed E-state index contributed by atoms with van der Waals surface area (Å²) in [5.74, 6) is 2.42. The molecule has 192 valence electrons. The van der Waals surface area contributed by atoms with E-state index < -0.39 is 17.1 Å². The number of fused-ring (bicyclic) bond motifs is 5. The summed E-state index contributed by atoms with van der Waals surface area (Å²) >= 11 is 0. The molecule has 5 nitrogen and oxygen atoms in total. The summed E-state index contributed by atoms with van der Waals surface area (Å²) in [5, 5.41) is 21.8. The lowest BCUT2D eigenvalue weighted by Gasteiger charge is -2.63. The topological polar surface area (TPSA) is 83.8 Å². The summed E-state index contributed by atoms with van der Waals surface area (Å²) in [6.07, 6.45) is 11.7. The summed E-state index contributed by atoms with van der Waals surface area (Å²) in [4.78, 5) is 24.4. The minimum Gasteiger partial charge on any atom is -0.466 e. The predicted molar refractivity (Wildman–Crippen MR) is 132 cm³/mol. The Morgan fingerprint density at radius 1 is 1.15 bits per heavy atom. The number of rotatable bonds is 6. The molecular formula is C29H46O5. The fourth-order valence-corrected chi connectivity index (χ4v) is 8.91. The zero-order chi connectivity index (χ0) is 24.9. The number of hydrogen-bond donors (Lipinski definition) is 2. The highest BCUT2D eigenvalue weighted by Gasteiger charge is 2.67. The van der Waals surface area contributed by atoms with Gasteiger partial charge in [-0.05, 0) is 85.9 Å². The third-order valence-electron chi connectivity index (χ3n) is 10.9. The number of Topliss-reactive ketones (excluding diaryl/α,β-unsaturated/α-hetero) is 1. The van der Waals surface area contributed by atoms with E-state index in [1.807, 2.05) is 0 Å². The maximum absolute atomic E-state index is 13.4. The van der Waals surface area contributed by atoms with Crippen LogP contribution in [0.1, 0.15) is 92.4 Å². The molecule has 0 amide bonds. The third-order valence-corrected chi connectivity index (χ3v) is 10.9. The lowest BCUT2D eigenvalue weighted by atomic mass is 9.42. The monoisotopic (exact) mass is 474 g/mol. The molecule has 4 fully saturated rings. The van der Waals surface area contributed by atoms with Crippen molar-refractivity contribution in [3.05, 3.63) is 12.2 Å². The van der Waals surface area contributed by atoms with Crippen LogP contribution in [0.4, 0.5) is 0 Å². The smallest absolute Gasteiger partial charge is 0.302 e. The van der Waals surface area contributed by atoms with Crippen molar-refractivity contribution in [3.63, 3.8) is 0 Å². The van der Waals surface area contributed by atoms with Crippen LogP contribution in [0, 0.1) is 46.3 Å². The molecule has 4 rings (SSSR count). The molecule has 0 radical (unpaired) electrons. The average molecular weight is 475 g/mol. The first-order valence-corrected chi connectivity index (χ1v) is 13.7. The van der Waals surface area contributed by atoms with Crippen molar-refractivity contribution in [1.29, 1.82) is 0 Å². The molecule has 34 heavy (non-hydrogen) atoms. The van der Waals surface area contributed by atoms with Crippen molar-refractivity contribution in [3.8, 4) is 0 Å². The van der Waals surface area contributed by atoms with Crippen molar-refractivity contribution >= 4 is 11.8 Å². The Morgan fingerprint density at radius 3 is 2.59 bits per heavy atom. The zero-order valence-corrected chi connectivity index (χ0v) is 21.9. The molecule has 0 heterocycles. The van der Waals surface area contributed by atoms with Crippen LogP contribution >= 0.6 is 0 Å². The number of aliphatic hydroxyl groups excluding tert-OH is 1. The van der Waals surface area contributed by atoms with Crippen molar-refractivity contribution in [2.24, 2.45) is 46.3 Å². The maximum Gasteiger partial charge on any atom is 0.302 e. The summed E-state index contributed by atoms with van der Waals surface area (Å²) < 4.78 is 5.13. The highest BCUT2D eigenvalue weighted by atomic mass is 16.5. The molecule has 10 atom stereocenters. The van der Waals surface area contributed by atoms with Crippen LogP contribution in [0.5, 0.6) is 0 Å². The first-order chi connectivity index (χ1) is 15.9. The van der Waals surface area contributed by atoms with Crippen LogP contribution in [-0.4, -0.2) is 40.3 Å². The van der Waals surface area contributed by atoms with Crippen LogP contribution in [0.25, 0.3) is 0 Å². The van der Waals surface area contributed by atoms with Gasteiger partial charge >= 0.3 is 5.97 Å². The van der Waals surface area contributed by atoms with Gasteiger partial charge in [0, 0.05) is 25.2 Å². The summed E-state index contributed by atoms with van der Waals surface area (Å²) in [6, 6.07) is 0. The van der Waals surface area contributed by atoms with E-state index >= 15 is 0 Å². The highest BCUT2D eigenvalue weighted by Crippen LogP contribution is 2.68. The Labute approximate surface area is 205 Å². The van der Waals surface area contributed by atoms with Gasteiger partial charge in [0.25, 0.3) is 0 Å². The molecule has 0 spiro atoms. The Balaban J connectivity index is 1.46. The largest absolute Gasteiger partial charge is 0.466 e. The molecule has 0 bridgehead atoms. The molecule has 4 saturated carbocycles. The van der Waals surface area contributed by atoms with Crippen molar-refractivity contribution in [2.75, 3.05) is 6.61 Å². The fourth-order valence-electron chi connectivity index (χ4n) is 8.91. The van der Waals surface area contributed by atoms with Gasteiger partial charge in [-0.25, -0.2) is 0 Å². The summed E-state index contributed by atoms with van der Waals surface area (Å²) in [5.41, 5.74) is -1.53. The molecule has 0 aliphatic heterocycles. The number of ether oxygens (including phenoxy) is 1. The molecule has 4 aliphatic carbocycles. The number of esters is 1. The van der Waals surface area contributed by atoms with Crippen LogP contribution in [0.15, 0.2) is 12.2 Å². The molecule has 0 aromatic rings. The van der Waals surface area contributed by atoms with Gasteiger partial charge in [-0.3, -0.25) is 9.59 Å². The number of allylic oxidation sites excluding steroid dienone is 2. The molecule has 0 unspecified atom stereocenters. The van der Waals surface area contributed by atoms with E-state index in [2.05, 4.69) is 39.8 Å². The minimum atomic E-state index is -1.35. The number of ketones is 1. The normalized spacial score (nSPS) is 45.9. The first-order valence-electron chi connectivity index (χ1n) is 13.7. The quantitative estimate of drug-likeness (QED) is 0.414. The van der Waals surface area contributed by atoms with Gasteiger partial charge in [0.2, 0.25) is 0 Å². The molecule has 0 aromatic carbocycles. The number of carbonyl (C=O) groups excluding carboxylic acids is 2. The molecular weight excluding hydrogens is 428 g/mol. The van der Waals surface area contributed by atoms with E-state index in [0.717, 1.165) is 25.7 Å². The summed E-state index contributed by atoms with van der Waals surface area (Å²) in [6.45, 7) is 11.0. The lowest BCUT2D eigenvalue weighted by Crippen LogP contribution is -2.67. The van der Waals surface area contributed by atoms with Gasteiger partial charge in [0.15, 0.2) is 5.78 Å². The molecule has 4 aliphatic rings. The van der Waals surface area contributed by atoms with E-state index in [-0.39, 0.29) is 23.6 Å². The molecule has 0 aromatic heterocycles. The second kappa shape index (κ2) is 9.35. The van der Waals surface area contributed by atoms with Crippen molar-refractivity contribution in [2.45, 2.75) is 104 Å². The van der Waals surface area contributed by atoms with E-state index in [1.165, 1.54) is 19.8 Å². The van der Waals surface area contributed by atoms with Gasteiger partial charge < -0.3 is 14.9 Å². The van der Waals surface area contributed by atoms with Gasteiger partial charge in [-0.2, -0.15) is 0 Å². The Kier molecular flexibility index (Phi) is 7.12. The fraction of sp³-hybridized carbons (Fsp3) is 0.862. The molecule has 2 N–H and O–H groups in total. The van der Waals surface area contributed by atoms with Crippen LogP contribution in [-0.2, 0) is 14.3 Å². The Morgan fingerprint density at radius 2 is 1.88 bits per heavy atom. The highest BCUT2D eigenvalue weighted by molar-refractivity contribution is 5.89. The number of hydrogen-bond acceptors (Lipinski definition) is 5. The molecule has 0 saturated heterocycles. The molecule has 5 heteroatoms. The second-order valence-electron chi connectivity index (χ2n) is 12.8. The van der Waals surface area contributed by atoms with Crippen LogP contribution < -0.4 is 0 Å². The number of aliphatic hydroxyl groups is 2. The average Bonchev–Trinajstić information content (AvgIpc) is 3.12. The predicted octanol–water partition coefficient (Wildman–Crippen LogP) is 5.08. The van der Waals surface area contributed by atoms with E-state index in [1.54, 1.807) is 0 Å². The SMILES string of the molecule is CC(=O)OC[C@@H](C)C/C=C/[C@@H](C)[C@H]1CC[C@H]2[C@@H]3CC(=O)[C@@]4(O)C[C@@H](O)CC[C@]4(C)[C@H]3CC[C@]12C. The van der Waals surface area contributed by atoms with E-state index in [9.17, 15) is 19.8 Å². The van der Waals surface area contributed by atoms with Gasteiger partial charge in [0.05, 0.1) is 12.7 Å². The maximum atomic E-state index is 13.4. The third kappa shape index (κ3) is 4.19. The van der Waals surface area contributed by atoms with Crippen LogP contribution in [0.2, 0.25) is 0 Å². The lowest BCUT2D eigenvalue weighted by molar-refractivity contribution is -0.213. The number of carbonyl (C=O) groups is 2. The summed E-state index contributed by atoms with van der Waals surface area (Å²) in [7, 11) is 0. The van der Waals surface area contributed by atoms with Crippen LogP contribution in [0.3, 0.4) is 0 Å². The van der Waals surface area contributed by atoms with Crippen molar-refractivity contribution < 1.29 is 24.5 Å². The van der Waals surface area contributed by atoms with Gasteiger partial charge in [0.1, 0.15) is 5.60 Å². The van der Waals surface area contributed by atoms with E-state index in [4.69, 9.17) is 4.74 Å². The Hall–Kier alpha value is -1.20.